The van der Waals surface area contributed by atoms with Crippen LogP contribution in [0.2, 0.25) is 0 Å². The summed E-state index contributed by atoms with van der Waals surface area (Å²) in [6.07, 6.45) is 0.483. The average Bonchev–Trinajstić information content (AvgIpc) is 2.91. The van der Waals surface area contributed by atoms with Crippen molar-refractivity contribution in [3.05, 3.63) is 17.0 Å². The van der Waals surface area contributed by atoms with E-state index in [2.05, 4.69) is 21.0 Å². The van der Waals surface area contributed by atoms with Crippen molar-refractivity contribution in [2.24, 2.45) is 0 Å². The first kappa shape index (κ1) is 16.0. The molecule has 1 saturated heterocycles. The molecule has 0 saturated carbocycles. The molecule has 4 amide bonds. The highest BCUT2D eigenvalue weighted by atomic mass is 16.2. The largest absolute Gasteiger partial charge is 0.354 e. The van der Waals surface area contributed by atoms with Crippen LogP contribution in [0.3, 0.4) is 0 Å². The Hall–Kier alpha value is -2.38. The number of aryl methyl sites for hydroxylation is 1. The van der Waals surface area contributed by atoms with Crippen molar-refractivity contribution in [2.45, 2.75) is 46.2 Å². The minimum Gasteiger partial charge on any atom is -0.354 e. The number of urea groups is 1. The first-order valence-corrected chi connectivity index (χ1v) is 7.27. The van der Waals surface area contributed by atoms with Gasteiger partial charge in [-0.05, 0) is 32.8 Å². The predicted molar refractivity (Wildman–Crippen MR) is 79.1 cm³/mol. The first-order chi connectivity index (χ1) is 10.4. The summed E-state index contributed by atoms with van der Waals surface area (Å²) in [5.74, 6) is -0.525. The zero-order valence-electron chi connectivity index (χ0n) is 13.0. The lowest BCUT2D eigenvalue weighted by Gasteiger charge is -2.09. The number of nitrogens with one attached hydrogen (secondary N) is 3. The summed E-state index contributed by atoms with van der Waals surface area (Å²) >= 11 is 0. The molecule has 120 valence electrons. The molecule has 1 atom stereocenters. The molecule has 1 aromatic rings. The van der Waals surface area contributed by atoms with Crippen LogP contribution in [0.4, 0.5) is 4.79 Å². The predicted octanol–water partition coefficient (Wildman–Crippen LogP) is -0.0872. The summed E-state index contributed by atoms with van der Waals surface area (Å²) < 4.78 is 1.87. The zero-order valence-corrected chi connectivity index (χ0v) is 13.0. The fraction of sp³-hybridized carbons (Fsp3) is 0.571. The lowest BCUT2D eigenvalue weighted by atomic mass is 10.1. The van der Waals surface area contributed by atoms with Gasteiger partial charge in [-0.3, -0.25) is 19.6 Å². The van der Waals surface area contributed by atoms with Gasteiger partial charge < -0.3 is 10.6 Å². The number of carbonyl (C=O) groups is 3. The molecule has 0 spiro atoms. The number of hydrogen-bond acceptors (Lipinski definition) is 4. The maximum absolute atomic E-state index is 11.8. The summed E-state index contributed by atoms with van der Waals surface area (Å²) in [5, 5.41) is 11.8. The van der Waals surface area contributed by atoms with E-state index in [4.69, 9.17) is 0 Å². The van der Waals surface area contributed by atoms with Gasteiger partial charge in [-0.1, -0.05) is 0 Å². The molecule has 0 aliphatic carbocycles. The number of amides is 4. The molecule has 1 aliphatic heterocycles. The smallest absolute Gasteiger partial charge is 0.322 e. The molecule has 0 radical (unpaired) electrons. The van der Waals surface area contributed by atoms with Crippen molar-refractivity contribution in [3.8, 4) is 0 Å². The Kier molecular flexibility index (Phi) is 4.79. The fourth-order valence-corrected chi connectivity index (χ4v) is 2.33. The van der Waals surface area contributed by atoms with Crippen molar-refractivity contribution in [3.63, 3.8) is 0 Å². The van der Waals surface area contributed by atoms with Crippen molar-refractivity contribution in [1.29, 1.82) is 0 Å². The van der Waals surface area contributed by atoms with Crippen LogP contribution in [0.25, 0.3) is 0 Å². The van der Waals surface area contributed by atoms with Gasteiger partial charge in [0.25, 0.3) is 5.91 Å². The van der Waals surface area contributed by atoms with Crippen LogP contribution in [-0.2, 0) is 16.1 Å². The van der Waals surface area contributed by atoms with E-state index < -0.39 is 12.1 Å². The molecule has 8 nitrogen and oxygen atoms in total. The highest BCUT2D eigenvalue weighted by molar-refractivity contribution is 6.04. The molecule has 1 aromatic heterocycles. The van der Waals surface area contributed by atoms with Gasteiger partial charge in [0.2, 0.25) is 5.91 Å². The quantitative estimate of drug-likeness (QED) is 0.639. The van der Waals surface area contributed by atoms with Crippen molar-refractivity contribution in [2.75, 3.05) is 6.54 Å². The number of aromatic nitrogens is 2. The molecular weight excluding hydrogens is 286 g/mol. The monoisotopic (exact) mass is 307 g/mol. The Morgan fingerprint density at radius 3 is 2.59 bits per heavy atom. The van der Waals surface area contributed by atoms with Crippen LogP contribution in [0, 0.1) is 20.8 Å². The normalized spacial score (nSPS) is 17.3. The SMILES string of the molecule is Cc1nn(CCNC(=O)CC[C@@H]2NC(=O)NC2=O)c(C)c1C. The lowest BCUT2D eigenvalue weighted by Crippen LogP contribution is -2.33. The molecule has 0 unspecified atom stereocenters. The lowest BCUT2D eigenvalue weighted by molar-refractivity contribution is -0.122. The van der Waals surface area contributed by atoms with E-state index in [0.29, 0.717) is 19.5 Å². The van der Waals surface area contributed by atoms with E-state index in [1.807, 2.05) is 25.5 Å². The molecule has 0 bridgehead atoms. The van der Waals surface area contributed by atoms with Gasteiger partial charge in [0.05, 0.1) is 12.2 Å². The van der Waals surface area contributed by atoms with E-state index >= 15 is 0 Å². The van der Waals surface area contributed by atoms with Crippen LogP contribution in [-0.4, -0.2) is 40.2 Å². The summed E-state index contributed by atoms with van der Waals surface area (Å²) in [7, 11) is 0. The van der Waals surface area contributed by atoms with Crippen LogP contribution in [0.1, 0.15) is 29.8 Å². The Bertz CT molecular complexity index is 608. The number of hydrogen-bond donors (Lipinski definition) is 3. The Labute approximate surface area is 128 Å². The molecule has 3 N–H and O–H groups in total. The Morgan fingerprint density at radius 2 is 2.05 bits per heavy atom. The number of imide groups is 1. The highest BCUT2D eigenvalue weighted by Crippen LogP contribution is 2.10. The summed E-state index contributed by atoms with van der Waals surface area (Å²) in [4.78, 5) is 34.0. The molecule has 22 heavy (non-hydrogen) atoms. The van der Waals surface area contributed by atoms with Gasteiger partial charge in [-0.25, -0.2) is 4.79 Å². The molecule has 8 heteroatoms. The topological polar surface area (TPSA) is 105 Å². The third-order valence-electron chi connectivity index (χ3n) is 3.91. The van der Waals surface area contributed by atoms with Crippen LogP contribution < -0.4 is 16.0 Å². The van der Waals surface area contributed by atoms with Crippen molar-refractivity contribution >= 4 is 17.8 Å². The summed E-state index contributed by atoms with van der Waals surface area (Å²) in [6, 6.07) is -1.12. The van der Waals surface area contributed by atoms with Crippen LogP contribution >= 0.6 is 0 Å². The van der Waals surface area contributed by atoms with Crippen LogP contribution in [0.5, 0.6) is 0 Å². The molecule has 1 fully saturated rings. The third kappa shape index (κ3) is 3.63. The van der Waals surface area contributed by atoms with Gasteiger partial charge in [-0.2, -0.15) is 5.10 Å². The van der Waals surface area contributed by atoms with E-state index in [9.17, 15) is 14.4 Å². The van der Waals surface area contributed by atoms with Gasteiger partial charge in [0.1, 0.15) is 6.04 Å². The summed E-state index contributed by atoms with van der Waals surface area (Å²) in [6.45, 7) is 7.06. The molecule has 1 aliphatic rings. The van der Waals surface area contributed by atoms with E-state index in [1.54, 1.807) is 0 Å². The molecule has 2 heterocycles. The Balaban J connectivity index is 1.71. The molecule has 2 rings (SSSR count). The molecular formula is C14H21N5O3. The van der Waals surface area contributed by atoms with Gasteiger partial charge in [0, 0.05) is 18.7 Å². The van der Waals surface area contributed by atoms with Gasteiger partial charge in [0.15, 0.2) is 0 Å². The van der Waals surface area contributed by atoms with Crippen LogP contribution in [0.15, 0.2) is 0 Å². The minimum atomic E-state index is -0.614. The van der Waals surface area contributed by atoms with Gasteiger partial charge in [-0.15, -0.1) is 0 Å². The highest BCUT2D eigenvalue weighted by Gasteiger charge is 2.29. The van der Waals surface area contributed by atoms with E-state index in [0.717, 1.165) is 17.0 Å². The van der Waals surface area contributed by atoms with E-state index in [1.165, 1.54) is 0 Å². The fourth-order valence-electron chi connectivity index (χ4n) is 2.33. The number of carbonyl (C=O) groups excluding carboxylic acids is 3. The van der Waals surface area contributed by atoms with E-state index in [-0.39, 0.29) is 18.2 Å². The minimum absolute atomic E-state index is 0.146. The Morgan fingerprint density at radius 1 is 1.32 bits per heavy atom. The average molecular weight is 307 g/mol. The van der Waals surface area contributed by atoms with Crippen molar-refractivity contribution < 1.29 is 14.4 Å². The number of nitrogens with zero attached hydrogens (tertiary/aromatic N) is 2. The first-order valence-electron chi connectivity index (χ1n) is 7.27. The third-order valence-corrected chi connectivity index (χ3v) is 3.91. The second-order valence-electron chi connectivity index (χ2n) is 5.42. The zero-order chi connectivity index (χ0) is 16.3. The summed E-state index contributed by atoms with van der Waals surface area (Å²) in [5.41, 5.74) is 3.25. The van der Waals surface area contributed by atoms with Gasteiger partial charge >= 0.3 is 6.03 Å². The second kappa shape index (κ2) is 6.59. The molecule has 0 aromatic carbocycles. The maximum Gasteiger partial charge on any atom is 0.322 e. The number of rotatable bonds is 6. The standard InChI is InChI=1S/C14H21N5O3/c1-8-9(2)18-19(10(8)3)7-6-15-12(20)5-4-11-13(21)17-14(22)16-11/h11H,4-7H2,1-3H3,(H,15,20)(H2,16,17,21,22)/t11-/m0/s1. The second-order valence-corrected chi connectivity index (χ2v) is 5.42. The maximum atomic E-state index is 11.8. The van der Waals surface area contributed by atoms with Crippen molar-refractivity contribution in [1.82, 2.24) is 25.7 Å².